The van der Waals surface area contributed by atoms with Gasteiger partial charge in [0.15, 0.2) is 0 Å². The Morgan fingerprint density at radius 2 is 1.85 bits per heavy atom. The number of rotatable bonds is 3. The number of nitrogens with zero attached hydrogens (tertiary/aromatic N) is 1. The largest absolute Gasteiger partial charge is 0.301 e. The highest BCUT2D eigenvalue weighted by atomic mass is 35.7. The van der Waals surface area contributed by atoms with Crippen LogP contribution in [0.3, 0.4) is 0 Å². The quantitative estimate of drug-likeness (QED) is 0.435. The average Bonchev–Trinajstić information content (AvgIpc) is 2.34. The monoisotopic (exact) mass is 245 g/mol. The van der Waals surface area contributed by atoms with E-state index >= 15 is 0 Å². The van der Waals surface area contributed by atoms with Crippen molar-refractivity contribution in [3.8, 4) is 0 Å². The molecule has 13 heavy (non-hydrogen) atoms. The van der Waals surface area contributed by atoms with Gasteiger partial charge in [-0.05, 0) is 19.8 Å². The van der Waals surface area contributed by atoms with Crippen LogP contribution in [0, 0.1) is 0 Å². The molecule has 0 N–H and O–H groups in total. The smallest absolute Gasteiger partial charge is 0.195 e. The van der Waals surface area contributed by atoms with Gasteiger partial charge >= 0.3 is 9.24 Å². The van der Waals surface area contributed by atoms with Gasteiger partial charge in [-0.25, -0.2) is 0 Å². The van der Waals surface area contributed by atoms with Crippen molar-refractivity contribution in [2.75, 3.05) is 0 Å². The van der Waals surface area contributed by atoms with Crippen LogP contribution in [0.5, 0.6) is 0 Å². The summed E-state index contributed by atoms with van der Waals surface area (Å²) in [5, 5.41) is 0. The first-order valence-electron chi connectivity index (χ1n) is 4.30. The molecule has 1 fully saturated rings. The van der Waals surface area contributed by atoms with E-state index in [0.29, 0.717) is 0 Å². The summed E-state index contributed by atoms with van der Waals surface area (Å²) < 4.78 is 23.5. The van der Waals surface area contributed by atoms with Gasteiger partial charge in [-0.1, -0.05) is 12.8 Å². The molecule has 0 aromatic carbocycles. The molecule has 0 heterocycles. The van der Waals surface area contributed by atoms with Crippen molar-refractivity contribution in [1.29, 1.82) is 0 Å². The molecular formula is C7H13Cl2NO2S. The van der Waals surface area contributed by atoms with E-state index in [1.54, 1.807) is 6.92 Å². The zero-order chi connectivity index (χ0) is 10.1. The molecule has 1 atom stereocenters. The number of alkyl halides is 1. The fourth-order valence-corrected chi connectivity index (χ4v) is 4.01. The molecule has 6 heteroatoms. The molecular weight excluding hydrogens is 233 g/mol. The molecule has 1 saturated carbocycles. The van der Waals surface area contributed by atoms with Gasteiger partial charge in [0.05, 0.1) is 5.50 Å². The minimum absolute atomic E-state index is 0.00463. The summed E-state index contributed by atoms with van der Waals surface area (Å²) in [4.78, 5) is 0. The first kappa shape index (κ1) is 11.6. The lowest BCUT2D eigenvalue weighted by atomic mass is 10.2. The van der Waals surface area contributed by atoms with E-state index in [4.69, 9.17) is 22.3 Å². The number of halogens is 2. The lowest BCUT2D eigenvalue weighted by Gasteiger charge is -2.26. The summed E-state index contributed by atoms with van der Waals surface area (Å²) in [6.07, 6.45) is 3.83. The molecule has 0 spiro atoms. The standard InChI is InChI=1S/C7H13Cl2NO2S/c1-6(8)10(13(9,11)12)7-4-2-3-5-7/h6-7H,2-5H2,1H3. The molecule has 0 aromatic heterocycles. The van der Waals surface area contributed by atoms with Crippen molar-refractivity contribution in [3.63, 3.8) is 0 Å². The minimum Gasteiger partial charge on any atom is -0.195 e. The second-order valence-electron chi connectivity index (χ2n) is 3.28. The Bertz CT molecular complexity index is 260. The number of hydrogen-bond acceptors (Lipinski definition) is 2. The van der Waals surface area contributed by atoms with E-state index in [1.165, 1.54) is 4.31 Å². The Hall–Kier alpha value is 0.490. The Morgan fingerprint density at radius 3 is 2.15 bits per heavy atom. The van der Waals surface area contributed by atoms with Crippen LogP contribution in [0.25, 0.3) is 0 Å². The summed E-state index contributed by atoms with van der Waals surface area (Å²) in [5.41, 5.74) is -0.564. The van der Waals surface area contributed by atoms with Crippen molar-refractivity contribution < 1.29 is 8.42 Å². The fraction of sp³-hybridized carbons (Fsp3) is 1.00. The highest BCUT2D eigenvalue weighted by Crippen LogP contribution is 2.29. The van der Waals surface area contributed by atoms with Crippen molar-refractivity contribution >= 4 is 31.5 Å². The van der Waals surface area contributed by atoms with E-state index in [0.717, 1.165) is 25.7 Å². The molecule has 0 aromatic rings. The zero-order valence-corrected chi connectivity index (χ0v) is 9.74. The Kier molecular flexibility index (Phi) is 3.86. The van der Waals surface area contributed by atoms with E-state index < -0.39 is 14.7 Å². The molecule has 0 saturated heterocycles. The maximum Gasteiger partial charge on any atom is 0.301 e. The first-order valence-corrected chi connectivity index (χ1v) is 7.00. The highest BCUT2D eigenvalue weighted by molar-refractivity contribution is 8.11. The number of hydrogen-bond donors (Lipinski definition) is 0. The van der Waals surface area contributed by atoms with Crippen LogP contribution in [0.2, 0.25) is 0 Å². The average molecular weight is 246 g/mol. The molecule has 0 radical (unpaired) electrons. The fourth-order valence-electron chi connectivity index (χ4n) is 1.80. The lowest BCUT2D eigenvalue weighted by Crippen LogP contribution is -2.39. The van der Waals surface area contributed by atoms with Crippen LogP contribution in [0.1, 0.15) is 32.6 Å². The van der Waals surface area contributed by atoms with E-state index in [1.807, 2.05) is 0 Å². The van der Waals surface area contributed by atoms with Crippen LogP contribution in [0.4, 0.5) is 0 Å². The third-order valence-corrected chi connectivity index (χ3v) is 4.21. The van der Waals surface area contributed by atoms with Gasteiger partial charge in [0.1, 0.15) is 0 Å². The maximum atomic E-state index is 11.2. The highest BCUT2D eigenvalue weighted by Gasteiger charge is 2.33. The second-order valence-corrected chi connectivity index (χ2v) is 6.33. The normalized spacial score (nSPS) is 22.5. The van der Waals surface area contributed by atoms with Gasteiger partial charge in [0, 0.05) is 16.7 Å². The maximum absolute atomic E-state index is 11.2. The predicted octanol–water partition coefficient (Wildman–Crippen LogP) is 2.30. The molecule has 1 unspecified atom stereocenters. The molecule has 1 aliphatic carbocycles. The summed E-state index contributed by atoms with van der Waals surface area (Å²) in [5.74, 6) is 0. The summed E-state index contributed by atoms with van der Waals surface area (Å²) >= 11 is 5.77. The Balaban J connectivity index is 2.79. The van der Waals surface area contributed by atoms with Crippen molar-refractivity contribution in [1.82, 2.24) is 4.31 Å². The predicted molar refractivity (Wildman–Crippen MR) is 54.2 cm³/mol. The molecule has 0 aliphatic heterocycles. The third-order valence-electron chi connectivity index (χ3n) is 2.29. The van der Waals surface area contributed by atoms with Crippen molar-refractivity contribution in [3.05, 3.63) is 0 Å². The van der Waals surface area contributed by atoms with Crippen molar-refractivity contribution in [2.45, 2.75) is 44.1 Å². The molecule has 0 amide bonds. The van der Waals surface area contributed by atoms with E-state index in [2.05, 4.69) is 0 Å². The van der Waals surface area contributed by atoms with Crippen LogP contribution < -0.4 is 0 Å². The topological polar surface area (TPSA) is 37.4 Å². The summed E-state index contributed by atoms with van der Waals surface area (Å²) in [7, 11) is 1.61. The van der Waals surface area contributed by atoms with Crippen LogP contribution in [-0.4, -0.2) is 24.3 Å². The van der Waals surface area contributed by atoms with E-state index in [-0.39, 0.29) is 6.04 Å². The van der Waals surface area contributed by atoms with Gasteiger partial charge in [0.2, 0.25) is 0 Å². The third kappa shape index (κ3) is 2.98. The van der Waals surface area contributed by atoms with Crippen LogP contribution in [-0.2, 0) is 9.24 Å². The minimum atomic E-state index is -3.67. The SMILES string of the molecule is CC(Cl)N(C1CCCC1)S(=O)(=O)Cl. The first-order chi connectivity index (χ1) is 5.93. The van der Waals surface area contributed by atoms with Crippen molar-refractivity contribution in [2.24, 2.45) is 0 Å². The summed E-state index contributed by atoms with van der Waals surface area (Å²) in [6.45, 7) is 1.62. The molecule has 1 aliphatic rings. The zero-order valence-electron chi connectivity index (χ0n) is 7.41. The van der Waals surface area contributed by atoms with Gasteiger partial charge in [0.25, 0.3) is 0 Å². The molecule has 1 rings (SSSR count). The van der Waals surface area contributed by atoms with Gasteiger partial charge < -0.3 is 0 Å². The Morgan fingerprint density at radius 1 is 1.38 bits per heavy atom. The van der Waals surface area contributed by atoms with Gasteiger partial charge in [-0.3, -0.25) is 0 Å². The van der Waals surface area contributed by atoms with Gasteiger partial charge in [-0.15, -0.1) is 11.6 Å². The van der Waals surface area contributed by atoms with Crippen LogP contribution >= 0.6 is 22.3 Å². The molecule has 3 nitrogen and oxygen atoms in total. The Labute approximate surface area is 88.6 Å². The van der Waals surface area contributed by atoms with E-state index in [9.17, 15) is 8.42 Å². The van der Waals surface area contributed by atoms with Gasteiger partial charge in [-0.2, -0.15) is 12.7 Å². The summed E-state index contributed by atoms with van der Waals surface area (Å²) in [6, 6.07) is -0.00463. The molecule has 0 bridgehead atoms. The second kappa shape index (κ2) is 4.34. The lowest BCUT2D eigenvalue weighted by molar-refractivity contribution is 0.320. The molecule has 78 valence electrons. The van der Waals surface area contributed by atoms with Crippen LogP contribution in [0.15, 0.2) is 0 Å².